The zero-order chi connectivity index (χ0) is 32.4. The topological polar surface area (TPSA) is 51.8 Å². The normalized spacial score (nSPS) is 14.7. The summed E-state index contributed by atoms with van der Waals surface area (Å²) >= 11 is 0. The van der Waals surface area contributed by atoms with E-state index in [-0.39, 0.29) is 5.41 Å². The lowest BCUT2D eigenvalue weighted by Crippen LogP contribution is -2.27. The highest BCUT2D eigenvalue weighted by molar-refractivity contribution is 6.05. The maximum absolute atomic E-state index is 6.22. The molecule has 6 aromatic carbocycles. The van der Waals surface area contributed by atoms with Gasteiger partial charge in [-0.3, -0.25) is 0 Å². The van der Waals surface area contributed by atoms with Crippen molar-refractivity contribution in [1.82, 2.24) is 15.0 Å². The van der Waals surface area contributed by atoms with Crippen molar-refractivity contribution >= 4 is 21.9 Å². The van der Waals surface area contributed by atoms with Crippen molar-refractivity contribution in [2.75, 3.05) is 0 Å². The summed E-state index contributed by atoms with van der Waals surface area (Å²) < 4.78 is 6.22. The van der Waals surface area contributed by atoms with Crippen LogP contribution in [0.4, 0.5) is 0 Å². The first-order valence-electron chi connectivity index (χ1n) is 17.3. The van der Waals surface area contributed by atoms with Crippen LogP contribution in [0, 0.1) is 0 Å². The Morgan fingerprint density at radius 3 is 1.84 bits per heavy atom. The Kier molecular flexibility index (Phi) is 6.38. The first-order chi connectivity index (χ1) is 24.2. The third-order valence-electron chi connectivity index (χ3n) is 10.8. The molecule has 8 aromatic rings. The van der Waals surface area contributed by atoms with E-state index in [2.05, 4.69) is 84.9 Å². The maximum Gasteiger partial charge on any atom is 0.164 e. The van der Waals surface area contributed by atoms with Crippen LogP contribution in [0.25, 0.3) is 78.4 Å². The van der Waals surface area contributed by atoms with Gasteiger partial charge >= 0.3 is 0 Å². The third-order valence-corrected chi connectivity index (χ3v) is 10.8. The molecule has 0 aliphatic heterocycles. The molecule has 2 heterocycles. The summed E-state index contributed by atoms with van der Waals surface area (Å²) in [6.45, 7) is 0. The van der Waals surface area contributed by atoms with Gasteiger partial charge in [0.25, 0.3) is 0 Å². The summed E-state index contributed by atoms with van der Waals surface area (Å²) in [5.41, 5.74) is 12.9. The van der Waals surface area contributed by atoms with Crippen molar-refractivity contribution in [2.45, 2.75) is 37.5 Å². The lowest BCUT2D eigenvalue weighted by atomic mass is 9.68. The van der Waals surface area contributed by atoms with E-state index in [0.717, 1.165) is 38.6 Å². The van der Waals surface area contributed by atoms with Crippen LogP contribution in [0.3, 0.4) is 0 Å². The average Bonchev–Trinajstić information content (AvgIpc) is 3.68. The standard InChI is InChI=1S/C45H33N3O/c1-3-12-30(13-4-1)42-46-43(48-44(47-42)32-24-25-35-34-14-6-8-19-39(34)49-40(35)28-32)31-22-20-29(21-23-31)33-16-11-18-38-41(33)36-15-5-7-17-37(36)45(38)26-9-2-10-27-45/h1,3-8,11-25,28H,2,9-10,26-27H2. The molecule has 0 N–H and O–H groups in total. The van der Waals surface area contributed by atoms with Gasteiger partial charge in [-0.15, -0.1) is 0 Å². The van der Waals surface area contributed by atoms with Gasteiger partial charge in [0, 0.05) is 32.9 Å². The summed E-state index contributed by atoms with van der Waals surface area (Å²) in [7, 11) is 0. The minimum Gasteiger partial charge on any atom is -0.456 e. The Labute approximate surface area is 285 Å². The minimum absolute atomic E-state index is 0.140. The van der Waals surface area contributed by atoms with Gasteiger partial charge in [0.1, 0.15) is 11.2 Å². The molecule has 2 aromatic heterocycles. The highest BCUT2D eigenvalue weighted by atomic mass is 16.3. The highest BCUT2D eigenvalue weighted by Crippen LogP contribution is 2.57. The molecule has 10 rings (SSSR count). The summed E-state index contributed by atoms with van der Waals surface area (Å²) in [4.78, 5) is 15.0. The van der Waals surface area contributed by atoms with E-state index in [1.807, 2.05) is 54.6 Å². The van der Waals surface area contributed by atoms with Crippen LogP contribution in [0.5, 0.6) is 0 Å². The number of para-hydroxylation sites is 1. The number of aromatic nitrogens is 3. The van der Waals surface area contributed by atoms with Crippen LogP contribution in [0.2, 0.25) is 0 Å². The minimum atomic E-state index is 0.140. The second-order valence-electron chi connectivity index (χ2n) is 13.5. The van der Waals surface area contributed by atoms with Gasteiger partial charge in [0.05, 0.1) is 0 Å². The lowest BCUT2D eigenvalue weighted by molar-refractivity contribution is 0.353. The molecule has 0 radical (unpaired) electrons. The predicted octanol–water partition coefficient (Wildman–Crippen LogP) is 11.7. The molecule has 49 heavy (non-hydrogen) atoms. The Morgan fingerprint density at radius 1 is 0.429 bits per heavy atom. The van der Waals surface area contributed by atoms with Crippen molar-refractivity contribution < 1.29 is 4.42 Å². The molecule has 1 fully saturated rings. The zero-order valence-electron chi connectivity index (χ0n) is 27.1. The first kappa shape index (κ1) is 28.2. The van der Waals surface area contributed by atoms with Gasteiger partial charge < -0.3 is 4.42 Å². The smallest absolute Gasteiger partial charge is 0.164 e. The SMILES string of the molecule is c1ccc(-c2nc(-c3ccc(-c4cccc5c4-c4ccccc4C54CCCCC4)cc3)nc(-c3ccc4c(c3)oc3ccccc34)n2)cc1. The average molecular weight is 632 g/mol. The quantitative estimate of drug-likeness (QED) is 0.194. The monoisotopic (exact) mass is 631 g/mol. The fourth-order valence-electron chi connectivity index (χ4n) is 8.45. The summed E-state index contributed by atoms with van der Waals surface area (Å²) in [6, 6.07) is 49.3. The van der Waals surface area contributed by atoms with Crippen LogP contribution in [0.1, 0.15) is 43.2 Å². The lowest BCUT2D eigenvalue weighted by Gasteiger charge is -2.36. The number of nitrogens with zero attached hydrogens (tertiary/aromatic N) is 3. The number of hydrogen-bond acceptors (Lipinski definition) is 4. The Balaban J connectivity index is 1.08. The van der Waals surface area contributed by atoms with Gasteiger partial charge in [-0.05, 0) is 64.4 Å². The van der Waals surface area contributed by atoms with Gasteiger partial charge in [-0.2, -0.15) is 0 Å². The van der Waals surface area contributed by atoms with E-state index >= 15 is 0 Å². The Bertz CT molecular complexity index is 2520. The molecule has 0 amide bonds. The van der Waals surface area contributed by atoms with Gasteiger partial charge in [0.15, 0.2) is 17.5 Å². The van der Waals surface area contributed by atoms with Crippen LogP contribution in [-0.4, -0.2) is 15.0 Å². The first-order valence-corrected chi connectivity index (χ1v) is 17.3. The molecule has 0 unspecified atom stereocenters. The highest BCUT2D eigenvalue weighted by Gasteiger charge is 2.44. The molecular formula is C45H33N3O. The summed E-state index contributed by atoms with van der Waals surface area (Å²) in [6.07, 6.45) is 6.37. The van der Waals surface area contributed by atoms with Crippen LogP contribution < -0.4 is 0 Å². The van der Waals surface area contributed by atoms with E-state index in [1.165, 1.54) is 65.5 Å². The van der Waals surface area contributed by atoms with E-state index in [0.29, 0.717) is 17.5 Å². The second kappa shape index (κ2) is 11.1. The Hall–Kier alpha value is -5.87. The third kappa shape index (κ3) is 4.48. The molecular weight excluding hydrogens is 599 g/mol. The predicted molar refractivity (Wildman–Crippen MR) is 198 cm³/mol. The largest absolute Gasteiger partial charge is 0.456 e. The number of hydrogen-bond donors (Lipinski definition) is 0. The molecule has 4 nitrogen and oxygen atoms in total. The number of benzene rings is 6. The number of furan rings is 1. The summed E-state index contributed by atoms with van der Waals surface area (Å²) in [5, 5.41) is 2.18. The molecule has 1 spiro atoms. The molecule has 0 bridgehead atoms. The number of rotatable bonds is 4. The van der Waals surface area contributed by atoms with Crippen molar-refractivity contribution in [3.63, 3.8) is 0 Å². The molecule has 0 atom stereocenters. The second-order valence-corrected chi connectivity index (χ2v) is 13.5. The van der Waals surface area contributed by atoms with E-state index in [1.54, 1.807) is 0 Å². The molecule has 2 aliphatic rings. The maximum atomic E-state index is 6.22. The van der Waals surface area contributed by atoms with E-state index < -0.39 is 0 Å². The van der Waals surface area contributed by atoms with Crippen molar-refractivity contribution in [2.24, 2.45) is 0 Å². The van der Waals surface area contributed by atoms with Gasteiger partial charge in [0.2, 0.25) is 0 Å². The van der Waals surface area contributed by atoms with Crippen LogP contribution >= 0.6 is 0 Å². The van der Waals surface area contributed by atoms with Gasteiger partial charge in [-0.1, -0.05) is 141 Å². The molecule has 4 heteroatoms. The van der Waals surface area contributed by atoms with E-state index in [4.69, 9.17) is 19.4 Å². The Morgan fingerprint density at radius 2 is 1.02 bits per heavy atom. The van der Waals surface area contributed by atoms with Crippen molar-refractivity contribution in [3.8, 4) is 56.4 Å². The molecule has 234 valence electrons. The van der Waals surface area contributed by atoms with Crippen molar-refractivity contribution in [1.29, 1.82) is 0 Å². The van der Waals surface area contributed by atoms with Gasteiger partial charge in [-0.25, -0.2) is 15.0 Å². The fraction of sp³-hybridized carbons (Fsp3) is 0.133. The zero-order valence-corrected chi connectivity index (χ0v) is 27.1. The summed E-state index contributed by atoms with van der Waals surface area (Å²) in [5.74, 6) is 1.90. The number of fused-ring (bicyclic) bond motifs is 8. The van der Waals surface area contributed by atoms with Crippen LogP contribution in [-0.2, 0) is 5.41 Å². The van der Waals surface area contributed by atoms with Crippen molar-refractivity contribution in [3.05, 3.63) is 151 Å². The van der Waals surface area contributed by atoms with Crippen LogP contribution in [0.15, 0.2) is 144 Å². The molecule has 1 saturated carbocycles. The fourth-order valence-corrected chi connectivity index (χ4v) is 8.45. The molecule has 2 aliphatic carbocycles. The molecule has 0 saturated heterocycles. The van der Waals surface area contributed by atoms with E-state index in [9.17, 15) is 0 Å².